The van der Waals surface area contributed by atoms with E-state index in [0.29, 0.717) is 12.1 Å². The number of anilines is 1. The fraction of sp³-hybridized carbons (Fsp3) is 0.222. The lowest BCUT2D eigenvalue weighted by molar-refractivity contribution is -0.110. The Morgan fingerprint density at radius 2 is 1.92 bits per heavy atom. The van der Waals surface area contributed by atoms with E-state index < -0.39 is 15.9 Å². The molecule has 0 saturated carbocycles. The molecule has 0 radical (unpaired) electrons. The summed E-state index contributed by atoms with van der Waals surface area (Å²) in [6, 6.07) is 14.1. The van der Waals surface area contributed by atoms with Gasteiger partial charge in [-0.25, -0.2) is 13.1 Å². The number of carbonyl (C=O) groups excluding carboxylic acids is 1. The van der Waals surface area contributed by atoms with Crippen molar-refractivity contribution in [3.8, 4) is 0 Å². The number of carbonyl (C=O) groups is 1. The molecule has 0 fully saturated rings. The van der Waals surface area contributed by atoms with E-state index >= 15 is 0 Å². The fourth-order valence-electron chi connectivity index (χ4n) is 2.57. The monoisotopic (exact) mass is 373 g/mol. The molecule has 0 aliphatic carbocycles. The second kappa shape index (κ2) is 7.27. The molecule has 0 unspecified atom stereocenters. The third kappa shape index (κ3) is 3.76. The van der Waals surface area contributed by atoms with Gasteiger partial charge in [-0.05, 0) is 37.2 Å². The van der Waals surface area contributed by atoms with E-state index in [1.807, 2.05) is 30.3 Å². The molecule has 7 nitrogen and oxygen atoms in total. The van der Waals surface area contributed by atoms with E-state index in [1.165, 1.54) is 19.2 Å². The van der Waals surface area contributed by atoms with Gasteiger partial charge in [0.1, 0.15) is 5.71 Å². The number of oxime groups is 1. The molecule has 1 aliphatic heterocycles. The largest absolute Gasteiger partial charge is 0.387 e. The lowest BCUT2D eigenvalue weighted by atomic mass is 10.0. The highest BCUT2D eigenvalue weighted by molar-refractivity contribution is 7.89. The van der Waals surface area contributed by atoms with Crippen LogP contribution in [0.4, 0.5) is 5.69 Å². The van der Waals surface area contributed by atoms with E-state index in [0.717, 1.165) is 11.1 Å². The van der Waals surface area contributed by atoms with Gasteiger partial charge in [0.25, 0.3) is 5.91 Å². The Labute approximate surface area is 152 Å². The second-order valence-electron chi connectivity index (χ2n) is 5.89. The Bertz CT molecular complexity index is 956. The Morgan fingerprint density at radius 3 is 2.62 bits per heavy atom. The molecule has 2 N–H and O–H groups in total. The van der Waals surface area contributed by atoms with Gasteiger partial charge in [-0.1, -0.05) is 41.6 Å². The molecular formula is C18H19N3O4S. The summed E-state index contributed by atoms with van der Waals surface area (Å²) in [5.41, 5.74) is 2.36. The molecule has 0 saturated heterocycles. The van der Waals surface area contributed by atoms with Crippen molar-refractivity contribution in [2.45, 2.75) is 24.3 Å². The first-order valence-electron chi connectivity index (χ1n) is 8.04. The molecule has 1 amide bonds. The van der Waals surface area contributed by atoms with Gasteiger partial charge in [0, 0.05) is 12.1 Å². The Kier molecular flexibility index (Phi) is 5.06. The summed E-state index contributed by atoms with van der Waals surface area (Å²) in [5, 5.41) is 6.60. The molecule has 26 heavy (non-hydrogen) atoms. The highest BCUT2D eigenvalue weighted by atomic mass is 32.2. The van der Waals surface area contributed by atoms with Gasteiger partial charge in [-0.3, -0.25) is 4.79 Å². The highest BCUT2D eigenvalue weighted by Crippen LogP contribution is 2.28. The van der Waals surface area contributed by atoms with E-state index in [1.54, 1.807) is 13.0 Å². The molecule has 0 spiro atoms. The number of hydrogen-bond acceptors (Lipinski definition) is 5. The summed E-state index contributed by atoms with van der Waals surface area (Å²) < 4.78 is 26.1. The lowest BCUT2D eigenvalue weighted by Crippen LogP contribution is -2.23. The predicted molar refractivity (Wildman–Crippen MR) is 98.4 cm³/mol. The van der Waals surface area contributed by atoms with E-state index in [9.17, 15) is 13.2 Å². The summed E-state index contributed by atoms with van der Waals surface area (Å²) in [5.74, 6) is -0.412. The smallest absolute Gasteiger partial charge is 0.273 e. The number of aryl methyl sites for hydroxylation is 1. The van der Waals surface area contributed by atoms with Gasteiger partial charge < -0.3 is 10.2 Å². The maximum atomic E-state index is 12.5. The summed E-state index contributed by atoms with van der Waals surface area (Å²) in [6.07, 6.45) is 0.0534. The number of benzene rings is 2. The SMILES string of the molecule is CNS(=O)(=O)c1ccc(C)c(NC(=O)C2=NO[C@H](c3ccccc3)C2)c1. The zero-order chi connectivity index (χ0) is 18.7. The third-order valence-corrected chi connectivity index (χ3v) is 5.55. The molecule has 0 bridgehead atoms. The normalized spacial score (nSPS) is 16.7. The van der Waals surface area contributed by atoms with Crippen molar-refractivity contribution in [3.05, 3.63) is 59.7 Å². The van der Waals surface area contributed by atoms with Gasteiger partial charge in [-0.2, -0.15) is 0 Å². The van der Waals surface area contributed by atoms with Gasteiger partial charge in [-0.15, -0.1) is 0 Å². The van der Waals surface area contributed by atoms with Crippen LogP contribution in [0.5, 0.6) is 0 Å². The van der Waals surface area contributed by atoms with Gasteiger partial charge >= 0.3 is 0 Å². The highest BCUT2D eigenvalue weighted by Gasteiger charge is 2.27. The van der Waals surface area contributed by atoms with Crippen LogP contribution < -0.4 is 10.0 Å². The minimum absolute atomic E-state index is 0.0765. The van der Waals surface area contributed by atoms with Crippen LogP contribution in [0, 0.1) is 6.92 Å². The topological polar surface area (TPSA) is 96.9 Å². The first-order valence-corrected chi connectivity index (χ1v) is 9.52. The number of hydrogen-bond donors (Lipinski definition) is 2. The van der Waals surface area contributed by atoms with Crippen LogP contribution in [-0.4, -0.2) is 27.1 Å². The fourth-order valence-corrected chi connectivity index (χ4v) is 3.33. The number of sulfonamides is 1. The van der Waals surface area contributed by atoms with Crippen LogP contribution in [-0.2, 0) is 19.7 Å². The maximum Gasteiger partial charge on any atom is 0.273 e. The van der Waals surface area contributed by atoms with Crippen LogP contribution in [0.3, 0.4) is 0 Å². The molecule has 1 heterocycles. The Balaban J connectivity index is 1.74. The van der Waals surface area contributed by atoms with Crippen molar-refractivity contribution in [2.24, 2.45) is 5.16 Å². The molecule has 8 heteroatoms. The number of nitrogens with one attached hydrogen (secondary N) is 2. The van der Waals surface area contributed by atoms with Gasteiger partial charge in [0.05, 0.1) is 4.90 Å². The third-order valence-electron chi connectivity index (χ3n) is 4.14. The maximum absolute atomic E-state index is 12.5. The number of rotatable bonds is 5. The minimum Gasteiger partial charge on any atom is -0.387 e. The van der Waals surface area contributed by atoms with E-state index in [2.05, 4.69) is 15.2 Å². The number of amides is 1. The zero-order valence-electron chi connectivity index (χ0n) is 14.4. The molecule has 136 valence electrons. The van der Waals surface area contributed by atoms with Crippen LogP contribution >= 0.6 is 0 Å². The summed E-state index contributed by atoms with van der Waals surface area (Å²) in [4.78, 5) is 17.9. The van der Waals surface area contributed by atoms with Crippen LogP contribution in [0.25, 0.3) is 0 Å². The first kappa shape index (κ1) is 18.1. The van der Waals surface area contributed by atoms with Gasteiger partial charge in [0.15, 0.2) is 6.10 Å². The summed E-state index contributed by atoms with van der Waals surface area (Å²) >= 11 is 0. The van der Waals surface area contributed by atoms with Crippen molar-refractivity contribution < 1.29 is 18.0 Å². The predicted octanol–water partition coefficient (Wildman–Crippen LogP) is 2.36. The number of nitrogens with zero attached hydrogens (tertiary/aromatic N) is 1. The molecular weight excluding hydrogens is 354 g/mol. The molecule has 2 aromatic rings. The van der Waals surface area contributed by atoms with Crippen molar-refractivity contribution in [1.29, 1.82) is 0 Å². The lowest BCUT2D eigenvalue weighted by Gasteiger charge is -2.11. The standard InChI is InChI=1S/C18H19N3O4S/c1-12-8-9-14(26(23,24)19-2)10-15(12)20-18(22)16-11-17(25-21-16)13-6-4-3-5-7-13/h3-10,17,19H,11H2,1-2H3,(H,20,22)/t17-/m0/s1. The van der Waals surface area contributed by atoms with Crippen molar-refractivity contribution in [3.63, 3.8) is 0 Å². The van der Waals surface area contributed by atoms with Crippen LogP contribution in [0.1, 0.15) is 23.7 Å². The quantitative estimate of drug-likeness (QED) is 0.841. The van der Waals surface area contributed by atoms with Crippen molar-refractivity contribution >= 4 is 27.3 Å². The molecule has 0 aromatic heterocycles. The molecule has 2 aromatic carbocycles. The van der Waals surface area contributed by atoms with E-state index in [4.69, 9.17) is 4.84 Å². The van der Waals surface area contributed by atoms with Crippen molar-refractivity contribution in [2.75, 3.05) is 12.4 Å². The average Bonchev–Trinajstić information content (AvgIpc) is 3.14. The minimum atomic E-state index is -3.59. The summed E-state index contributed by atoms with van der Waals surface area (Å²) in [7, 11) is -2.26. The van der Waals surface area contributed by atoms with Crippen LogP contribution in [0.15, 0.2) is 58.6 Å². The zero-order valence-corrected chi connectivity index (χ0v) is 15.2. The average molecular weight is 373 g/mol. The van der Waals surface area contributed by atoms with Crippen molar-refractivity contribution in [1.82, 2.24) is 4.72 Å². The van der Waals surface area contributed by atoms with Crippen LogP contribution in [0.2, 0.25) is 0 Å². The second-order valence-corrected chi connectivity index (χ2v) is 7.77. The Hall–Kier alpha value is -2.71. The molecule has 1 aliphatic rings. The van der Waals surface area contributed by atoms with E-state index in [-0.39, 0.29) is 16.7 Å². The van der Waals surface area contributed by atoms with Gasteiger partial charge in [0.2, 0.25) is 10.0 Å². The Morgan fingerprint density at radius 1 is 1.19 bits per heavy atom. The first-order chi connectivity index (χ1) is 12.4. The molecule has 3 rings (SSSR count). The molecule has 1 atom stereocenters. The summed E-state index contributed by atoms with van der Waals surface area (Å²) in [6.45, 7) is 1.78.